The molecule has 6 heteroatoms. The highest BCUT2D eigenvalue weighted by atomic mass is 79.9. The average molecular weight is 353 g/mol. The van der Waals surface area contributed by atoms with Crippen molar-refractivity contribution in [2.75, 3.05) is 7.11 Å². The van der Waals surface area contributed by atoms with E-state index in [0.717, 1.165) is 10.9 Å². The fraction of sp³-hybridized carbons (Fsp3) is 0.462. The van der Waals surface area contributed by atoms with Crippen molar-refractivity contribution in [3.63, 3.8) is 0 Å². The van der Waals surface area contributed by atoms with Crippen molar-refractivity contribution in [2.24, 2.45) is 5.73 Å². The molecule has 4 N–H and O–H groups in total. The summed E-state index contributed by atoms with van der Waals surface area (Å²) in [6.07, 6.45) is 2.30. The summed E-state index contributed by atoms with van der Waals surface area (Å²) in [7, 11) is 1.39. The van der Waals surface area contributed by atoms with Gasteiger partial charge in [-0.15, -0.1) is 12.4 Å². The molecule has 1 fully saturated rings. The van der Waals surface area contributed by atoms with Gasteiger partial charge in [0.1, 0.15) is 5.54 Å². The van der Waals surface area contributed by atoms with Crippen LogP contribution in [-0.4, -0.2) is 24.1 Å². The van der Waals surface area contributed by atoms with Crippen LogP contribution >= 0.6 is 28.3 Å². The Bertz CT molecular complexity index is 426. The van der Waals surface area contributed by atoms with Crippen molar-refractivity contribution in [3.8, 4) is 0 Å². The first kappa shape index (κ1) is 18.4. The van der Waals surface area contributed by atoms with Crippen LogP contribution in [0.3, 0.4) is 0 Å². The van der Waals surface area contributed by atoms with E-state index in [1.165, 1.54) is 12.7 Å². The van der Waals surface area contributed by atoms with Crippen LogP contribution in [0.5, 0.6) is 0 Å². The quantitative estimate of drug-likeness (QED) is 0.828. The molecule has 0 amide bonds. The molecule has 0 aromatic heterocycles. The lowest BCUT2D eigenvalue weighted by atomic mass is 9.93. The Kier molecular flexibility index (Phi) is 7.00. The van der Waals surface area contributed by atoms with Crippen LogP contribution in [0.1, 0.15) is 30.7 Å². The van der Waals surface area contributed by atoms with Crippen molar-refractivity contribution in [2.45, 2.75) is 30.7 Å². The van der Waals surface area contributed by atoms with E-state index in [0.29, 0.717) is 18.8 Å². The second-order valence-electron chi connectivity index (χ2n) is 4.64. The number of nitrogens with two attached hydrogens (primary N) is 1. The van der Waals surface area contributed by atoms with E-state index in [4.69, 9.17) is 10.5 Å². The number of halogens is 2. The SMILES string of the molecule is COC(=O)C1(N)CCC(c2ccc(Br)cc2)C1.Cl.O. The molecule has 108 valence electrons. The normalized spacial score (nSPS) is 25.1. The molecule has 1 aromatic carbocycles. The maximum absolute atomic E-state index is 11.6. The van der Waals surface area contributed by atoms with E-state index >= 15 is 0 Å². The third-order valence-corrected chi connectivity index (χ3v) is 4.01. The molecule has 1 aliphatic carbocycles. The summed E-state index contributed by atoms with van der Waals surface area (Å²) in [6.45, 7) is 0. The number of rotatable bonds is 2. The number of esters is 1. The summed E-state index contributed by atoms with van der Waals surface area (Å²) in [5.41, 5.74) is 6.53. The molecule has 1 aliphatic rings. The van der Waals surface area contributed by atoms with Gasteiger partial charge in [0.15, 0.2) is 0 Å². The predicted molar refractivity (Wildman–Crippen MR) is 80.5 cm³/mol. The maximum atomic E-state index is 11.6. The van der Waals surface area contributed by atoms with Gasteiger partial charge < -0.3 is 15.9 Å². The first-order chi connectivity index (χ1) is 8.05. The molecule has 2 rings (SSSR count). The zero-order valence-electron chi connectivity index (χ0n) is 10.7. The topological polar surface area (TPSA) is 83.8 Å². The second kappa shape index (κ2) is 7.24. The molecule has 1 aromatic rings. The molecule has 0 radical (unpaired) electrons. The lowest BCUT2D eigenvalue weighted by Gasteiger charge is -2.20. The first-order valence-corrected chi connectivity index (χ1v) is 6.47. The van der Waals surface area contributed by atoms with E-state index in [1.807, 2.05) is 12.1 Å². The van der Waals surface area contributed by atoms with E-state index in [2.05, 4.69) is 28.1 Å². The molecule has 1 saturated carbocycles. The second-order valence-corrected chi connectivity index (χ2v) is 5.55. The standard InChI is InChI=1S/C13H16BrNO2.ClH.H2O/c1-17-12(16)13(15)7-6-10(8-13)9-2-4-11(14)5-3-9;;/h2-5,10H,6-8,15H2,1H3;1H;1H2. The van der Waals surface area contributed by atoms with Crippen LogP contribution in [0, 0.1) is 0 Å². The van der Waals surface area contributed by atoms with E-state index in [1.54, 1.807) is 0 Å². The third kappa shape index (κ3) is 3.92. The van der Waals surface area contributed by atoms with E-state index in [9.17, 15) is 4.79 Å². The highest BCUT2D eigenvalue weighted by Crippen LogP contribution is 2.40. The van der Waals surface area contributed by atoms with Gasteiger partial charge in [-0.05, 0) is 42.9 Å². The van der Waals surface area contributed by atoms with Crippen LogP contribution in [0.25, 0.3) is 0 Å². The summed E-state index contributed by atoms with van der Waals surface area (Å²) in [6, 6.07) is 8.20. The minimum absolute atomic E-state index is 0. The third-order valence-electron chi connectivity index (χ3n) is 3.48. The summed E-state index contributed by atoms with van der Waals surface area (Å²) < 4.78 is 5.83. The van der Waals surface area contributed by atoms with Gasteiger partial charge in [-0.1, -0.05) is 28.1 Å². The van der Waals surface area contributed by atoms with Crippen molar-refractivity contribution in [1.29, 1.82) is 0 Å². The minimum atomic E-state index is -0.799. The molecule has 0 heterocycles. The number of methoxy groups -OCH3 is 1. The predicted octanol–water partition coefficient (Wildman–Crippen LogP) is 2.18. The lowest BCUT2D eigenvalue weighted by Crippen LogP contribution is -2.46. The largest absolute Gasteiger partial charge is 0.468 e. The van der Waals surface area contributed by atoms with Crippen molar-refractivity contribution >= 4 is 34.3 Å². The van der Waals surface area contributed by atoms with Crippen LogP contribution in [0.15, 0.2) is 28.7 Å². The Morgan fingerprint density at radius 2 is 2.00 bits per heavy atom. The minimum Gasteiger partial charge on any atom is -0.468 e. The molecule has 0 spiro atoms. The average Bonchev–Trinajstić information content (AvgIpc) is 2.73. The van der Waals surface area contributed by atoms with Crippen molar-refractivity contribution in [1.82, 2.24) is 0 Å². The molecule has 4 nitrogen and oxygen atoms in total. The van der Waals surface area contributed by atoms with Gasteiger partial charge >= 0.3 is 5.97 Å². The highest BCUT2D eigenvalue weighted by molar-refractivity contribution is 9.10. The number of ether oxygens (including phenoxy) is 1. The molecular formula is C13H19BrClNO3. The number of carbonyl (C=O) groups is 1. The van der Waals surface area contributed by atoms with Gasteiger partial charge in [-0.2, -0.15) is 0 Å². The van der Waals surface area contributed by atoms with Gasteiger partial charge in [0, 0.05) is 4.47 Å². The summed E-state index contributed by atoms with van der Waals surface area (Å²) in [4.78, 5) is 11.6. The number of hydrogen-bond acceptors (Lipinski definition) is 3. The fourth-order valence-electron chi connectivity index (χ4n) is 2.48. The van der Waals surface area contributed by atoms with Crippen LogP contribution in [0.4, 0.5) is 0 Å². The number of carbonyl (C=O) groups excluding carboxylic acids is 1. The van der Waals surface area contributed by atoms with Crippen molar-refractivity contribution in [3.05, 3.63) is 34.3 Å². The van der Waals surface area contributed by atoms with Crippen LogP contribution in [0.2, 0.25) is 0 Å². The van der Waals surface area contributed by atoms with Gasteiger partial charge in [-0.25, -0.2) is 0 Å². The first-order valence-electron chi connectivity index (χ1n) is 5.68. The van der Waals surface area contributed by atoms with Crippen LogP contribution < -0.4 is 5.73 Å². The monoisotopic (exact) mass is 351 g/mol. The molecule has 2 atom stereocenters. The smallest absolute Gasteiger partial charge is 0.325 e. The van der Waals surface area contributed by atoms with Crippen LogP contribution in [-0.2, 0) is 9.53 Å². The summed E-state index contributed by atoms with van der Waals surface area (Å²) >= 11 is 3.41. The van der Waals surface area contributed by atoms with Gasteiger partial charge in [0.25, 0.3) is 0 Å². The van der Waals surface area contributed by atoms with Crippen molar-refractivity contribution < 1.29 is 15.0 Å². The fourth-order valence-corrected chi connectivity index (χ4v) is 2.75. The molecular weight excluding hydrogens is 334 g/mol. The van der Waals surface area contributed by atoms with E-state index < -0.39 is 5.54 Å². The Hall–Kier alpha value is -0.620. The lowest BCUT2D eigenvalue weighted by molar-refractivity contribution is -0.146. The molecule has 0 saturated heterocycles. The maximum Gasteiger partial charge on any atom is 0.325 e. The van der Waals surface area contributed by atoms with Gasteiger partial charge in [0.05, 0.1) is 7.11 Å². The number of hydrogen-bond donors (Lipinski definition) is 1. The zero-order valence-corrected chi connectivity index (χ0v) is 13.1. The zero-order chi connectivity index (χ0) is 12.5. The molecule has 0 aliphatic heterocycles. The van der Waals surface area contributed by atoms with E-state index in [-0.39, 0.29) is 23.9 Å². The Morgan fingerprint density at radius 3 is 2.53 bits per heavy atom. The molecule has 0 bridgehead atoms. The molecule has 2 unspecified atom stereocenters. The van der Waals surface area contributed by atoms with Gasteiger partial charge in [0.2, 0.25) is 0 Å². The Morgan fingerprint density at radius 1 is 1.42 bits per heavy atom. The Labute approximate surface area is 127 Å². The Balaban J connectivity index is 0.00000162. The van der Waals surface area contributed by atoms with Gasteiger partial charge in [-0.3, -0.25) is 4.79 Å². The highest BCUT2D eigenvalue weighted by Gasteiger charge is 2.43. The number of benzene rings is 1. The summed E-state index contributed by atoms with van der Waals surface area (Å²) in [5.74, 6) is 0.0595. The summed E-state index contributed by atoms with van der Waals surface area (Å²) in [5, 5.41) is 0. The molecule has 19 heavy (non-hydrogen) atoms.